The lowest BCUT2D eigenvalue weighted by Gasteiger charge is -2.17. The number of hydrogen-bond acceptors (Lipinski definition) is 4. The van der Waals surface area contributed by atoms with Gasteiger partial charge in [-0.2, -0.15) is 0 Å². The summed E-state index contributed by atoms with van der Waals surface area (Å²) in [5.41, 5.74) is 1.39. The van der Waals surface area contributed by atoms with Crippen LogP contribution < -0.4 is 10.2 Å². The van der Waals surface area contributed by atoms with Gasteiger partial charge in [0.2, 0.25) is 11.8 Å². The van der Waals surface area contributed by atoms with Crippen LogP contribution >= 0.6 is 0 Å². The van der Waals surface area contributed by atoms with Crippen LogP contribution in [0, 0.1) is 17.6 Å². The second kappa shape index (κ2) is 7.22. The van der Waals surface area contributed by atoms with Crippen LogP contribution in [0.5, 0.6) is 0 Å². The molecule has 3 aromatic rings. The van der Waals surface area contributed by atoms with E-state index in [4.69, 9.17) is 4.42 Å². The zero-order valence-corrected chi connectivity index (χ0v) is 14.6. The molecule has 0 radical (unpaired) electrons. The number of nitrogens with zero attached hydrogens (tertiary/aromatic N) is 2. The molecule has 28 heavy (non-hydrogen) atoms. The van der Waals surface area contributed by atoms with Gasteiger partial charge in [-0.05, 0) is 24.3 Å². The number of carbonyl (C=O) groups is 2. The van der Waals surface area contributed by atoms with Crippen LogP contribution in [0.25, 0.3) is 11.3 Å². The van der Waals surface area contributed by atoms with Crippen LogP contribution in [0.1, 0.15) is 6.42 Å². The Labute approximate surface area is 158 Å². The van der Waals surface area contributed by atoms with E-state index in [0.29, 0.717) is 11.4 Å². The smallest absolute Gasteiger partial charge is 0.229 e. The topological polar surface area (TPSA) is 75.4 Å². The molecule has 1 N–H and O–H groups in total. The Bertz CT molecular complexity index is 1020. The third kappa shape index (κ3) is 3.62. The largest absolute Gasteiger partial charge is 0.444 e. The van der Waals surface area contributed by atoms with Crippen molar-refractivity contribution in [3.05, 3.63) is 66.7 Å². The number of oxazole rings is 1. The highest BCUT2D eigenvalue weighted by Crippen LogP contribution is 2.28. The Morgan fingerprint density at radius 2 is 1.96 bits per heavy atom. The SMILES string of the molecule is O=C(Nc1cccc(-c2cnco2)c1)C1CC(=O)N(c2cc(F)cc(F)c2)C1. The fourth-order valence-electron chi connectivity index (χ4n) is 3.18. The molecular formula is C20H15F2N3O3. The molecule has 1 aliphatic heterocycles. The standard InChI is InChI=1S/C20H15F2N3O3/c21-14-6-15(22)8-17(7-14)25-10-13(5-19(25)26)20(27)24-16-3-1-2-12(4-16)18-9-23-11-28-18/h1-4,6-9,11,13H,5,10H2,(H,24,27). The van der Waals surface area contributed by atoms with Crippen molar-refractivity contribution in [3.63, 3.8) is 0 Å². The summed E-state index contributed by atoms with van der Waals surface area (Å²) in [6, 6.07) is 9.90. The van der Waals surface area contributed by atoms with Gasteiger partial charge in [-0.25, -0.2) is 13.8 Å². The van der Waals surface area contributed by atoms with E-state index in [0.717, 1.165) is 23.8 Å². The number of aromatic nitrogens is 1. The van der Waals surface area contributed by atoms with Crippen LogP contribution in [-0.4, -0.2) is 23.3 Å². The zero-order chi connectivity index (χ0) is 19.7. The Morgan fingerprint density at radius 3 is 2.68 bits per heavy atom. The summed E-state index contributed by atoms with van der Waals surface area (Å²) < 4.78 is 32.1. The number of nitrogens with one attached hydrogen (secondary N) is 1. The van der Waals surface area contributed by atoms with E-state index in [2.05, 4.69) is 10.3 Å². The van der Waals surface area contributed by atoms with E-state index in [-0.39, 0.29) is 30.5 Å². The van der Waals surface area contributed by atoms with Crippen molar-refractivity contribution in [2.45, 2.75) is 6.42 Å². The molecule has 0 bridgehead atoms. The molecule has 2 heterocycles. The first-order valence-electron chi connectivity index (χ1n) is 8.56. The third-order valence-electron chi connectivity index (χ3n) is 4.50. The van der Waals surface area contributed by atoms with Gasteiger partial charge >= 0.3 is 0 Å². The van der Waals surface area contributed by atoms with Crippen LogP contribution in [0.4, 0.5) is 20.2 Å². The highest BCUT2D eigenvalue weighted by molar-refractivity contribution is 6.03. The lowest BCUT2D eigenvalue weighted by atomic mass is 10.1. The van der Waals surface area contributed by atoms with Crippen LogP contribution in [0.3, 0.4) is 0 Å². The molecule has 1 aromatic heterocycles. The number of halogens is 2. The summed E-state index contributed by atoms with van der Waals surface area (Å²) in [6.07, 6.45) is 2.84. The van der Waals surface area contributed by atoms with Gasteiger partial charge in [0.1, 0.15) is 11.6 Å². The van der Waals surface area contributed by atoms with E-state index in [1.54, 1.807) is 24.4 Å². The molecule has 6 nitrogen and oxygen atoms in total. The lowest BCUT2D eigenvalue weighted by Crippen LogP contribution is -2.28. The molecule has 1 atom stereocenters. The van der Waals surface area contributed by atoms with Crippen LogP contribution in [0.15, 0.2) is 59.5 Å². The highest BCUT2D eigenvalue weighted by Gasteiger charge is 2.35. The Morgan fingerprint density at radius 1 is 1.18 bits per heavy atom. The molecule has 0 saturated carbocycles. The summed E-state index contributed by atoms with van der Waals surface area (Å²) in [5.74, 6) is -2.33. The predicted octanol–water partition coefficient (Wildman–Crippen LogP) is 3.61. The molecule has 8 heteroatoms. The Kier molecular flexibility index (Phi) is 4.60. The average Bonchev–Trinajstić information content (AvgIpc) is 3.31. The maximum Gasteiger partial charge on any atom is 0.229 e. The molecule has 1 saturated heterocycles. The second-order valence-corrected chi connectivity index (χ2v) is 6.47. The summed E-state index contributed by atoms with van der Waals surface area (Å²) >= 11 is 0. The molecular weight excluding hydrogens is 368 g/mol. The van der Waals surface area contributed by atoms with Crippen molar-refractivity contribution in [2.75, 3.05) is 16.8 Å². The van der Waals surface area contributed by atoms with Crippen molar-refractivity contribution in [2.24, 2.45) is 5.92 Å². The fraction of sp³-hybridized carbons (Fsp3) is 0.150. The maximum absolute atomic E-state index is 13.4. The van der Waals surface area contributed by atoms with E-state index in [1.807, 2.05) is 6.07 Å². The van der Waals surface area contributed by atoms with Crippen LogP contribution in [-0.2, 0) is 9.59 Å². The minimum absolute atomic E-state index is 0.0360. The van der Waals surface area contributed by atoms with E-state index < -0.39 is 17.6 Å². The van der Waals surface area contributed by atoms with Gasteiger partial charge in [0.05, 0.1) is 12.1 Å². The Balaban J connectivity index is 1.47. The molecule has 1 unspecified atom stereocenters. The number of hydrogen-bond donors (Lipinski definition) is 1. The second-order valence-electron chi connectivity index (χ2n) is 6.47. The van der Waals surface area contributed by atoms with Crippen molar-refractivity contribution < 1.29 is 22.8 Å². The quantitative estimate of drug-likeness (QED) is 0.747. The molecule has 0 spiro atoms. The monoisotopic (exact) mass is 383 g/mol. The summed E-state index contributed by atoms with van der Waals surface area (Å²) in [6.45, 7) is 0.0509. The van der Waals surface area contributed by atoms with Crippen molar-refractivity contribution in [1.29, 1.82) is 0 Å². The van der Waals surface area contributed by atoms with Gasteiger partial charge in [0.25, 0.3) is 0 Å². The minimum Gasteiger partial charge on any atom is -0.444 e. The normalized spacial score (nSPS) is 16.4. The first-order chi connectivity index (χ1) is 13.5. The number of anilines is 2. The number of amides is 2. The van der Waals surface area contributed by atoms with E-state index in [1.165, 1.54) is 11.3 Å². The molecule has 0 aliphatic carbocycles. The van der Waals surface area contributed by atoms with Gasteiger partial charge < -0.3 is 14.6 Å². The average molecular weight is 383 g/mol. The maximum atomic E-state index is 13.4. The molecule has 142 valence electrons. The third-order valence-corrected chi connectivity index (χ3v) is 4.50. The number of rotatable bonds is 4. The van der Waals surface area contributed by atoms with Crippen molar-refractivity contribution in [1.82, 2.24) is 4.98 Å². The first-order valence-corrected chi connectivity index (χ1v) is 8.56. The zero-order valence-electron chi connectivity index (χ0n) is 14.6. The van der Waals surface area contributed by atoms with Gasteiger partial charge in [0, 0.05) is 36.0 Å². The summed E-state index contributed by atoms with van der Waals surface area (Å²) in [5, 5.41) is 2.77. The predicted molar refractivity (Wildman–Crippen MR) is 97.4 cm³/mol. The summed E-state index contributed by atoms with van der Waals surface area (Å²) in [7, 11) is 0. The highest BCUT2D eigenvalue weighted by atomic mass is 19.1. The van der Waals surface area contributed by atoms with Crippen molar-refractivity contribution in [3.8, 4) is 11.3 Å². The van der Waals surface area contributed by atoms with Gasteiger partial charge in [-0.15, -0.1) is 0 Å². The van der Waals surface area contributed by atoms with Gasteiger partial charge in [-0.1, -0.05) is 12.1 Å². The minimum atomic E-state index is -0.778. The number of carbonyl (C=O) groups excluding carboxylic acids is 2. The summed E-state index contributed by atoms with van der Waals surface area (Å²) in [4.78, 5) is 29.9. The molecule has 2 amide bonds. The molecule has 1 aliphatic rings. The van der Waals surface area contributed by atoms with Gasteiger partial charge in [0.15, 0.2) is 12.2 Å². The van der Waals surface area contributed by atoms with Crippen molar-refractivity contribution >= 4 is 23.2 Å². The molecule has 4 rings (SSSR count). The van der Waals surface area contributed by atoms with Gasteiger partial charge in [-0.3, -0.25) is 9.59 Å². The van der Waals surface area contributed by atoms with E-state index >= 15 is 0 Å². The first kappa shape index (κ1) is 17.8. The lowest BCUT2D eigenvalue weighted by molar-refractivity contribution is -0.122. The van der Waals surface area contributed by atoms with E-state index in [9.17, 15) is 18.4 Å². The fourth-order valence-corrected chi connectivity index (χ4v) is 3.18. The molecule has 2 aromatic carbocycles. The van der Waals surface area contributed by atoms with Crippen LogP contribution in [0.2, 0.25) is 0 Å². The Hall–Kier alpha value is -3.55. The molecule has 1 fully saturated rings. The number of benzene rings is 2.